The van der Waals surface area contributed by atoms with E-state index in [9.17, 15) is 4.79 Å². The normalized spacial score (nSPS) is 12.9. The number of methoxy groups -OCH3 is 1. The predicted octanol–water partition coefficient (Wildman–Crippen LogP) is -0.820. The van der Waals surface area contributed by atoms with E-state index in [1.807, 2.05) is 6.92 Å². The van der Waals surface area contributed by atoms with E-state index in [1.165, 1.54) is 7.11 Å². The molecule has 0 aromatic heterocycles. The van der Waals surface area contributed by atoms with E-state index in [0.717, 1.165) is 6.42 Å². The Hall–Kier alpha value is -0.570. The topological polar surface area (TPSA) is 53.9 Å². The number of quaternary nitrogens is 1. The average molecular weight is 118 g/mol. The minimum Gasteiger partial charge on any atom is -0.465 e. The van der Waals surface area contributed by atoms with Crippen LogP contribution in [0.4, 0.5) is 0 Å². The molecule has 0 aromatic rings. The largest absolute Gasteiger partial charge is 0.465 e. The summed E-state index contributed by atoms with van der Waals surface area (Å²) < 4.78 is 4.40. The Bertz CT molecular complexity index is 82.5. The Balaban J connectivity index is 3.46. The number of hydrogen-bond donors (Lipinski definition) is 1. The van der Waals surface area contributed by atoms with Crippen LogP contribution in [-0.2, 0) is 9.53 Å². The summed E-state index contributed by atoms with van der Waals surface area (Å²) in [4.78, 5) is 10.5. The van der Waals surface area contributed by atoms with Gasteiger partial charge in [-0.3, -0.25) is 0 Å². The van der Waals surface area contributed by atoms with Crippen LogP contribution in [0.25, 0.3) is 0 Å². The van der Waals surface area contributed by atoms with Crippen LogP contribution in [0, 0.1) is 0 Å². The van der Waals surface area contributed by atoms with Gasteiger partial charge in [-0.15, -0.1) is 0 Å². The lowest BCUT2D eigenvalue weighted by atomic mass is 10.2. The van der Waals surface area contributed by atoms with E-state index in [4.69, 9.17) is 0 Å². The summed E-state index contributed by atoms with van der Waals surface area (Å²) in [5.74, 6) is -0.229. The van der Waals surface area contributed by atoms with Gasteiger partial charge in [-0.05, 0) is 0 Å². The maximum Gasteiger partial charge on any atom is 0.364 e. The number of ether oxygens (including phenoxy) is 1. The molecule has 0 aliphatic rings. The van der Waals surface area contributed by atoms with Crippen LogP contribution in [0.1, 0.15) is 13.3 Å². The van der Waals surface area contributed by atoms with Crippen LogP contribution in [-0.4, -0.2) is 19.1 Å². The molecule has 0 aliphatic heterocycles. The molecule has 0 aromatic carbocycles. The van der Waals surface area contributed by atoms with Gasteiger partial charge in [-0.2, -0.15) is 0 Å². The van der Waals surface area contributed by atoms with Crippen molar-refractivity contribution >= 4 is 5.97 Å². The third kappa shape index (κ3) is 1.93. The zero-order valence-electron chi connectivity index (χ0n) is 5.31. The number of esters is 1. The number of hydrogen-bond acceptors (Lipinski definition) is 2. The Morgan fingerprint density at radius 2 is 2.38 bits per heavy atom. The Morgan fingerprint density at radius 3 is 2.50 bits per heavy atom. The monoisotopic (exact) mass is 118 g/mol. The molecule has 8 heavy (non-hydrogen) atoms. The van der Waals surface area contributed by atoms with Gasteiger partial charge in [0, 0.05) is 6.42 Å². The van der Waals surface area contributed by atoms with E-state index in [1.54, 1.807) is 0 Å². The third-order valence-electron chi connectivity index (χ3n) is 1.03. The van der Waals surface area contributed by atoms with Crippen molar-refractivity contribution in [2.24, 2.45) is 0 Å². The first-order chi connectivity index (χ1) is 3.72. The Kier molecular flexibility index (Phi) is 3.19. The summed E-state index contributed by atoms with van der Waals surface area (Å²) in [6.45, 7) is 1.90. The second-order valence-corrected chi connectivity index (χ2v) is 1.63. The summed E-state index contributed by atoms with van der Waals surface area (Å²) in [6, 6.07) is -0.194. The summed E-state index contributed by atoms with van der Waals surface area (Å²) >= 11 is 0. The lowest BCUT2D eigenvalue weighted by molar-refractivity contribution is -0.408. The summed E-state index contributed by atoms with van der Waals surface area (Å²) in [6.07, 6.45) is 0.743. The highest BCUT2D eigenvalue weighted by Crippen LogP contribution is 1.84. The molecule has 0 radical (unpaired) electrons. The van der Waals surface area contributed by atoms with Gasteiger partial charge < -0.3 is 10.5 Å². The van der Waals surface area contributed by atoms with Gasteiger partial charge in [-0.1, -0.05) is 6.92 Å². The minimum absolute atomic E-state index is 0.194. The fraction of sp³-hybridized carbons (Fsp3) is 0.800. The lowest BCUT2D eigenvalue weighted by Gasteiger charge is -1.99. The Morgan fingerprint density at radius 1 is 1.88 bits per heavy atom. The van der Waals surface area contributed by atoms with Gasteiger partial charge in [-0.25, -0.2) is 4.79 Å². The molecule has 1 unspecified atom stereocenters. The zero-order valence-corrected chi connectivity index (χ0v) is 5.31. The zero-order chi connectivity index (χ0) is 6.57. The first-order valence-electron chi connectivity index (χ1n) is 2.63. The average Bonchev–Trinajstić information content (AvgIpc) is 1.84. The molecule has 0 heterocycles. The van der Waals surface area contributed by atoms with Gasteiger partial charge in [0.05, 0.1) is 7.11 Å². The molecule has 0 saturated carbocycles. The molecule has 0 spiro atoms. The summed E-state index contributed by atoms with van der Waals surface area (Å²) in [7, 11) is 1.37. The van der Waals surface area contributed by atoms with Crippen LogP contribution in [0.2, 0.25) is 0 Å². The molecule has 0 saturated heterocycles. The van der Waals surface area contributed by atoms with Crippen LogP contribution in [0.15, 0.2) is 0 Å². The van der Waals surface area contributed by atoms with Gasteiger partial charge in [0.2, 0.25) is 0 Å². The molecule has 3 N–H and O–H groups in total. The molecule has 0 aliphatic carbocycles. The number of carbonyl (C=O) groups is 1. The molecular weight excluding hydrogens is 106 g/mol. The number of rotatable bonds is 2. The molecule has 0 fully saturated rings. The predicted molar refractivity (Wildman–Crippen MR) is 29.0 cm³/mol. The van der Waals surface area contributed by atoms with Crippen molar-refractivity contribution in [1.29, 1.82) is 0 Å². The first kappa shape index (κ1) is 7.43. The highest BCUT2D eigenvalue weighted by Gasteiger charge is 2.13. The second kappa shape index (κ2) is 3.43. The van der Waals surface area contributed by atoms with Crippen molar-refractivity contribution in [2.45, 2.75) is 19.4 Å². The SMILES string of the molecule is CCC([NH3+])C(=O)OC. The van der Waals surface area contributed by atoms with Crippen LogP contribution < -0.4 is 5.73 Å². The Labute approximate surface area is 48.8 Å². The molecule has 3 heteroatoms. The van der Waals surface area contributed by atoms with Crippen LogP contribution in [0.5, 0.6) is 0 Å². The van der Waals surface area contributed by atoms with E-state index >= 15 is 0 Å². The first-order valence-corrected chi connectivity index (χ1v) is 2.63. The lowest BCUT2D eigenvalue weighted by Crippen LogP contribution is -2.64. The van der Waals surface area contributed by atoms with Crippen molar-refractivity contribution in [3.8, 4) is 0 Å². The highest BCUT2D eigenvalue weighted by molar-refractivity contribution is 5.73. The second-order valence-electron chi connectivity index (χ2n) is 1.63. The number of carbonyl (C=O) groups excluding carboxylic acids is 1. The van der Waals surface area contributed by atoms with Gasteiger partial charge in [0.25, 0.3) is 0 Å². The fourth-order valence-corrected chi connectivity index (χ4v) is 0.333. The molecule has 3 nitrogen and oxygen atoms in total. The molecule has 48 valence electrons. The van der Waals surface area contributed by atoms with Crippen molar-refractivity contribution < 1.29 is 15.3 Å². The van der Waals surface area contributed by atoms with Gasteiger partial charge in [0.15, 0.2) is 6.04 Å². The fourth-order valence-electron chi connectivity index (χ4n) is 0.333. The molecule has 0 rings (SSSR count). The summed E-state index contributed by atoms with van der Waals surface area (Å²) in [5, 5.41) is 0. The van der Waals surface area contributed by atoms with Crippen molar-refractivity contribution in [1.82, 2.24) is 0 Å². The van der Waals surface area contributed by atoms with E-state index < -0.39 is 0 Å². The molecule has 0 amide bonds. The van der Waals surface area contributed by atoms with E-state index in [2.05, 4.69) is 10.5 Å². The van der Waals surface area contributed by atoms with Gasteiger partial charge >= 0.3 is 5.97 Å². The summed E-state index contributed by atoms with van der Waals surface area (Å²) in [5.41, 5.74) is 3.55. The standard InChI is InChI=1S/C5H11NO2/c1-3-4(6)5(7)8-2/h4H,3,6H2,1-2H3/p+1. The maximum atomic E-state index is 10.5. The smallest absolute Gasteiger partial charge is 0.364 e. The van der Waals surface area contributed by atoms with E-state index in [0.29, 0.717) is 0 Å². The van der Waals surface area contributed by atoms with Crippen molar-refractivity contribution in [3.05, 3.63) is 0 Å². The minimum atomic E-state index is -0.229. The maximum absolute atomic E-state index is 10.5. The quantitative estimate of drug-likeness (QED) is 0.482. The molecular formula is C5H12NO2+. The van der Waals surface area contributed by atoms with E-state index in [-0.39, 0.29) is 12.0 Å². The molecule has 0 bridgehead atoms. The van der Waals surface area contributed by atoms with Crippen molar-refractivity contribution in [2.75, 3.05) is 7.11 Å². The van der Waals surface area contributed by atoms with Crippen molar-refractivity contribution in [3.63, 3.8) is 0 Å². The highest BCUT2D eigenvalue weighted by atomic mass is 16.5. The third-order valence-corrected chi connectivity index (χ3v) is 1.03. The van der Waals surface area contributed by atoms with Crippen LogP contribution >= 0.6 is 0 Å². The molecule has 1 atom stereocenters. The van der Waals surface area contributed by atoms with Crippen LogP contribution in [0.3, 0.4) is 0 Å². The van der Waals surface area contributed by atoms with Gasteiger partial charge in [0.1, 0.15) is 0 Å².